The Morgan fingerprint density at radius 2 is 1.75 bits per heavy atom. The average molecular weight is 463 g/mol. The van der Waals surface area contributed by atoms with Gasteiger partial charge in [-0.05, 0) is 50.1 Å². The average Bonchev–Trinajstić information content (AvgIpc) is 2.81. The lowest BCUT2D eigenvalue weighted by molar-refractivity contribution is -0.120. The van der Waals surface area contributed by atoms with Gasteiger partial charge in [-0.3, -0.25) is 4.79 Å². The SMILES string of the molecule is CCOc1ccc(NC(=O)COCCOc2ccccc2)cc1S(=O)(=O)N1CCCCC1. The maximum Gasteiger partial charge on any atom is 0.250 e. The van der Waals surface area contributed by atoms with Crippen LogP contribution in [0.15, 0.2) is 53.4 Å². The van der Waals surface area contributed by atoms with Crippen molar-refractivity contribution in [1.29, 1.82) is 0 Å². The number of para-hydroxylation sites is 1. The van der Waals surface area contributed by atoms with Crippen molar-refractivity contribution < 1.29 is 27.4 Å². The Morgan fingerprint density at radius 1 is 1.00 bits per heavy atom. The Morgan fingerprint density at radius 3 is 2.47 bits per heavy atom. The van der Waals surface area contributed by atoms with Crippen LogP contribution >= 0.6 is 0 Å². The number of piperidine rings is 1. The highest BCUT2D eigenvalue weighted by molar-refractivity contribution is 7.89. The molecule has 2 aromatic rings. The van der Waals surface area contributed by atoms with Crippen molar-refractivity contribution in [2.75, 3.05) is 44.8 Å². The number of nitrogens with one attached hydrogen (secondary N) is 1. The van der Waals surface area contributed by atoms with Gasteiger partial charge >= 0.3 is 0 Å². The molecule has 1 aliphatic heterocycles. The molecule has 0 saturated carbocycles. The zero-order valence-electron chi connectivity index (χ0n) is 18.3. The number of carbonyl (C=O) groups is 1. The number of carbonyl (C=O) groups excluding carboxylic acids is 1. The molecular weight excluding hydrogens is 432 g/mol. The van der Waals surface area contributed by atoms with Gasteiger partial charge in [-0.15, -0.1) is 0 Å². The molecule has 0 aromatic heterocycles. The second-order valence-electron chi connectivity index (χ2n) is 7.32. The minimum atomic E-state index is -3.71. The zero-order valence-corrected chi connectivity index (χ0v) is 19.1. The molecule has 1 saturated heterocycles. The number of rotatable bonds is 11. The van der Waals surface area contributed by atoms with Crippen LogP contribution in [-0.2, 0) is 19.6 Å². The number of ether oxygens (including phenoxy) is 3. The number of hydrogen-bond donors (Lipinski definition) is 1. The molecule has 1 aliphatic rings. The fourth-order valence-electron chi connectivity index (χ4n) is 3.40. The van der Waals surface area contributed by atoms with Gasteiger partial charge in [0.15, 0.2) is 0 Å². The van der Waals surface area contributed by atoms with Crippen molar-refractivity contribution in [3.05, 3.63) is 48.5 Å². The van der Waals surface area contributed by atoms with Crippen LogP contribution in [0.3, 0.4) is 0 Å². The van der Waals surface area contributed by atoms with Crippen LogP contribution in [0.5, 0.6) is 11.5 Å². The lowest BCUT2D eigenvalue weighted by Gasteiger charge is -2.27. The second kappa shape index (κ2) is 11.8. The molecule has 32 heavy (non-hydrogen) atoms. The minimum absolute atomic E-state index is 0.0660. The van der Waals surface area contributed by atoms with Crippen LogP contribution in [0.4, 0.5) is 5.69 Å². The van der Waals surface area contributed by atoms with Crippen molar-refractivity contribution >= 4 is 21.6 Å². The summed E-state index contributed by atoms with van der Waals surface area (Å²) in [5.41, 5.74) is 0.373. The van der Waals surface area contributed by atoms with Crippen molar-refractivity contribution in [1.82, 2.24) is 4.31 Å². The summed E-state index contributed by atoms with van der Waals surface area (Å²) in [4.78, 5) is 12.3. The summed E-state index contributed by atoms with van der Waals surface area (Å²) >= 11 is 0. The molecule has 3 rings (SSSR count). The summed E-state index contributed by atoms with van der Waals surface area (Å²) in [6.07, 6.45) is 2.70. The van der Waals surface area contributed by atoms with Crippen LogP contribution in [-0.4, -0.2) is 58.1 Å². The quantitative estimate of drug-likeness (QED) is 0.515. The van der Waals surface area contributed by atoms with E-state index in [9.17, 15) is 13.2 Å². The number of amides is 1. The highest BCUT2D eigenvalue weighted by Crippen LogP contribution is 2.31. The Bertz CT molecular complexity index is 975. The second-order valence-corrected chi connectivity index (χ2v) is 9.23. The molecule has 174 valence electrons. The third kappa shape index (κ3) is 6.69. The van der Waals surface area contributed by atoms with E-state index in [-0.39, 0.29) is 29.8 Å². The highest BCUT2D eigenvalue weighted by atomic mass is 32.2. The Hall–Kier alpha value is -2.62. The van der Waals surface area contributed by atoms with E-state index in [1.165, 1.54) is 10.4 Å². The molecule has 9 heteroatoms. The molecule has 0 aliphatic carbocycles. The van der Waals surface area contributed by atoms with Crippen molar-refractivity contribution in [2.24, 2.45) is 0 Å². The third-order valence-corrected chi connectivity index (χ3v) is 6.85. The molecule has 0 bridgehead atoms. The van der Waals surface area contributed by atoms with E-state index in [1.807, 2.05) is 30.3 Å². The van der Waals surface area contributed by atoms with Crippen molar-refractivity contribution in [3.8, 4) is 11.5 Å². The van der Waals surface area contributed by atoms with E-state index in [0.29, 0.717) is 32.0 Å². The molecule has 0 unspecified atom stereocenters. The first-order valence-corrected chi connectivity index (χ1v) is 12.3. The number of hydrogen-bond acceptors (Lipinski definition) is 6. The standard InChI is InChI=1S/C23H30N2O6S/c1-2-30-21-12-11-19(17-22(21)32(27,28)25-13-7-4-8-14-25)24-23(26)18-29-15-16-31-20-9-5-3-6-10-20/h3,5-6,9-12,17H,2,4,7-8,13-16,18H2,1H3,(H,24,26). The monoisotopic (exact) mass is 462 g/mol. The van der Waals surface area contributed by atoms with Gasteiger partial charge in [0.25, 0.3) is 0 Å². The van der Waals surface area contributed by atoms with Crippen LogP contribution in [0.2, 0.25) is 0 Å². The number of benzene rings is 2. The summed E-state index contributed by atoms with van der Waals surface area (Å²) in [6.45, 7) is 3.52. The molecule has 1 N–H and O–H groups in total. The first-order chi connectivity index (χ1) is 15.5. The topological polar surface area (TPSA) is 94.2 Å². The summed E-state index contributed by atoms with van der Waals surface area (Å²) in [5.74, 6) is 0.637. The third-order valence-electron chi connectivity index (χ3n) is 4.93. The fraction of sp³-hybridized carbons (Fsp3) is 0.435. The van der Waals surface area contributed by atoms with Gasteiger partial charge in [0.2, 0.25) is 15.9 Å². The van der Waals surface area contributed by atoms with Crippen molar-refractivity contribution in [3.63, 3.8) is 0 Å². The highest BCUT2D eigenvalue weighted by Gasteiger charge is 2.29. The maximum atomic E-state index is 13.2. The van der Waals surface area contributed by atoms with Gasteiger partial charge in [0.1, 0.15) is 29.6 Å². The van der Waals surface area contributed by atoms with E-state index >= 15 is 0 Å². The summed E-state index contributed by atoms with van der Waals surface area (Å²) in [7, 11) is -3.71. The van der Waals surface area contributed by atoms with E-state index in [4.69, 9.17) is 14.2 Å². The number of sulfonamides is 1. The molecular formula is C23H30N2O6S. The lowest BCUT2D eigenvalue weighted by Crippen LogP contribution is -2.35. The molecule has 0 spiro atoms. The Labute approximate surface area is 189 Å². The smallest absolute Gasteiger partial charge is 0.250 e. The van der Waals surface area contributed by atoms with Gasteiger partial charge in [0, 0.05) is 18.8 Å². The molecule has 1 amide bonds. The van der Waals surface area contributed by atoms with Crippen LogP contribution in [0, 0.1) is 0 Å². The first-order valence-electron chi connectivity index (χ1n) is 10.8. The summed E-state index contributed by atoms with van der Waals surface area (Å²) < 4.78 is 44.2. The van der Waals surface area contributed by atoms with Crippen LogP contribution < -0.4 is 14.8 Å². The van der Waals surface area contributed by atoms with Crippen molar-refractivity contribution in [2.45, 2.75) is 31.1 Å². The predicted octanol–water partition coefficient (Wildman–Crippen LogP) is 3.29. The van der Waals surface area contributed by atoms with E-state index in [2.05, 4.69) is 5.32 Å². The van der Waals surface area contributed by atoms with Gasteiger partial charge in [-0.2, -0.15) is 4.31 Å². The molecule has 0 radical (unpaired) electrons. The molecule has 1 heterocycles. The van der Waals surface area contributed by atoms with Gasteiger partial charge in [-0.25, -0.2) is 8.42 Å². The Balaban J connectivity index is 1.57. The molecule has 0 atom stereocenters. The van der Waals surface area contributed by atoms with Gasteiger partial charge in [0.05, 0.1) is 13.2 Å². The number of nitrogens with zero attached hydrogens (tertiary/aromatic N) is 1. The molecule has 1 fully saturated rings. The van der Waals surface area contributed by atoms with E-state index in [1.54, 1.807) is 19.1 Å². The zero-order chi connectivity index (χ0) is 22.8. The first kappa shape index (κ1) is 24.0. The fourth-order valence-corrected chi connectivity index (χ4v) is 5.08. The molecule has 2 aromatic carbocycles. The van der Waals surface area contributed by atoms with Gasteiger partial charge in [-0.1, -0.05) is 24.6 Å². The van der Waals surface area contributed by atoms with Crippen LogP contribution in [0.1, 0.15) is 26.2 Å². The van der Waals surface area contributed by atoms with E-state index < -0.39 is 10.0 Å². The molecule has 8 nitrogen and oxygen atoms in total. The summed E-state index contributed by atoms with van der Waals surface area (Å²) in [6, 6.07) is 14.0. The minimum Gasteiger partial charge on any atom is -0.492 e. The largest absolute Gasteiger partial charge is 0.492 e. The maximum absolute atomic E-state index is 13.2. The van der Waals surface area contributed by atoms with E-state index in [0.717, 1.165) is 25.0 Å². The van der Waals surface area contributed by atoms with Gasteiger partial charge < -0.3 is 19.5 Å². The lowest BCUT2D eigenvalue weighted by atomic mass is 10.2. The Kier molecular flexibility index (Phi) is 8.90. The number of anilines is 1. The normalized spacial score (nSPS) is 14.7. The summed E-state index contributed by atoms with van der Waals surface area (Å²) in [5, 5.41) is 2.69. The van der Waals surface area contributed by atoms with Crippen LogP contribution in [0.25, 0.3) is 0 Å². The predicted molar refractivity (Wildman–Crippen MR) is 122 cm³/mol.